The van der Waals surface area contributed by atoms with Crippen LogP contribution in [0.1, 0.15) is 38.8 Å². The van der Waals surface area contributed by atoms with Crippen LogP contribution in [0.5, 0.6) is 0 Å². The predicted molar refractivity (Wildman–Crippen MR) is 96.3 cm³/mol. The molecule has 0 bridgehead atoms. The van der Waals surface area contributed by atoms with Crippen LogP contribution in [0.3, 0.4) is 0 Å². The summed E-state index contributed by atoms with van der Waals surface area (Å²) in [6, 6.07) is 15.5. The first-order valence-corrected chi connectivity index (χ1v) is 8.03. The molecule has 2 heteroatoms. The second-order valence-electron chi connectivity index (χ2n) is 7.35. The van der Waals surface area contributed by atoms with E-state index in [0.717, 1.165) is 0 Å². The minimum atomic E-state index is 0.164. The zero-order valence-corrected chi connectivity index (χ0v) is 14.5. The van der Waals surface area contributed by atoms with Gasteiger partial charge in [-0.15, -0.1) is 0 Å². The lowest BCUT2D eigenvalue weighted by molar-refractivity contribution is 0.589. The van der Waals surface area contributed by atoms with Gasteiger partial charge in [-0.1, -0.05) is 45.0 Å². The highest BCUT2D eigenvalue weighted by Gasteiger charge is 2.32. The van der Waals surface area contributed by atoms with Crippen molar-refractivity contribution < 1.29 is 0 Å². The molecule has 0 fully saturated rings. The van der Waals surface area contributed by atoms with Crippen molar-refractivity contribution in [3.05, 3.63) is 53.6 Å². The van der Waals surface area contributed by atoms with Crippen molar-refractivity contribution in [2.75, 3.05) is 16.8 Å². The fraction of sp³-hybridized carbons (Fsp3) is 0.400. The molecule has 0 saturated carbocycles. The molecule has 1 aliphatic rings. The molecule has 1 heterocycles. The van der Waals surface area contributed by atoms with Gasteiger partial charge in [0.1, 0.15) is 6.17 Å². The third-order valence-corrected chi connectivity index (χ3v) is 4.79. The average Bonchev–Trinajstić information content (AvgIpc) is 2.71. The topological polar surface area (TPSA) is 6.48 Å². The van der Waals surface area contributed by atoms with Gasteiger partial charge >= 0.3 is 0 Å². The van der Waals surface area contributed by atoms with Crippen molar-refractivity contribution in [3.63, 3.8) is 0 Å². The molecule has 2 nitrogen and oxygen atoms in total. The van der Waals surface area contributed by atoms with E-state index in [9.17, 15) is 0 Å². The van der Waals surface area contributed by atoms with Crippen molar-refractivity contribution in [1.29, 1.82) is 0 Å². The van der Waals surface area contributed by atoms with Crippen LogP contribution in [0.2, 0.25) is 0 Å². The molecule has 0 aliphatic carbocycles. The molecule has 3 rings (SSSR count). The van der Waals surface area contributed by atoms with E-state index < -0.39 is 0 Å². The van der Waals surface area contributed by atoms with E-state index in [-0.39, 0.29) is 5.41 Å². The molecule has 0 N–H and O–H groups in total. The van der Waals surface area contributed by atoms with Gasteiger partial charge in [0.25, 0.3) is 0 Å². The highest BCUT2D eigenvalue weighted by Crippen LogP contribution is 2.44. The molecular formula is C20H26N2. The zero-order chi connectivity index (χ0) is 16.1. The maximum Gasteiger partial charge on any atom is 0.103 e. The molecular weight excluding hydrogens is 268 g/mol. The smallest absolute Gasteiger partial charge is 0.103 e. The Labute approximate surface area is 134 Å². The van der Waals surface area contributed by atoms with E-state index in [1.807, 2.05) is 0 Å². The third kappa shape index (κ3) is 2.27. The van der Waals surface area contributed by atoms with Gasteiger partial charge in [0.2, 0.25) is 0 Å². The SMILES string of the molecule is Cc1ccc(C(C)(C)C)cc1N1c2ccccc2N(C)[C@@H]1C. The number of rotatable bonds is 1. The van der Waals surface area contributed by atoms with E-state index in [4.69, 9.17) is 0 Å². The summed E-state index contributed by atoms with van der Waals surface area (Å²) in [5.41, 5.74) is 6.79. The summed E-state index contributed by atoms with van der Waals surface area (Å²) < 4.78 is 0. The second kappa shape index (κ2) is 5.05. The Balaban J connectivity index is 2.16. The van der Waals surface area contributed by atoms with Crippen molar-refractivity contribution in [3.8, 4) is 0 Å². The van der Waals surface area contributed by atoms with E-state index in [0.29, 0.717) is 6.17 Å². The molecule has 0 saturated heterocycles. The Bertz CT molecular complexity index is 697. The van der Waals surface area contributed by atoms with Gasteiger partial charge in [0.15, 0.2) is 0 Å². The summed E-state index contributed by atoms with van der Waals surface area (Å²) in [4.78, 5) is 4.80. The van der Waals surface area contributed by atoms with Gasteiger partial charge in [-0.25, -0.2) is 0 Å². The summed E-state index contributed by atoms with van der Waals surface area (Å²) in [6.45, 7) is 11.3. The third-order valence-electron chi connectivity index (χ3n) is 4.79. The van der Waals surface area contributed by atoms with Crippen LogP contribution in [0.4, 0.5) is 17.1 Å². The molecule has 0 unspecified atom stereocenters. The van der Waals surface area contributed by atoms with Crippen molar-refractivity contribution in [2.24, 2.45) is 0 Å². The molecule has 0 radical (unpaired) electrons. The van der Waals surface area contributed by atoms with Crippen LogP contribution in [0.25, 0.3) is 0 Å². The fourth-order valence-electron chi connectivity index (χ4n) is 3.21. The number of hydrogen-bond acceptors (Lipinski definition) is 2. The van der Waals surface area contributed by atoms with E-state index in [1.165, 1.54) is 28.2 Å². The maximum atomic E-state index is 2.46. The van der Waals surface area contributed by atoms with Crippen LogP contribution in [-0.4, -0.2) is 13.2 Å². The molecule has 2 aromatic carbocycles. The maximum absolute atomic E-state index is 2.46. The van der Waals surface area contributed by atoms with E-state index in [1.54, 1.807) is 0 Å². The molecule has 116 valence electrons. The Hall–Kier alpha value is -1.96. The summed E-state index contributed by atoms with van der Waals surface area (Å²) >= 11 is 0. The normalized spacial score (nSPS) is 17.8. The van der Waals surface area contributed by atoms with Gasteiger partial charge in [-0.3, -0.25) is 0 Å². The molecule has 1 aliphatic heterocycles. The number of aryl methyl sites for hydroxylation is 1. The monoisotopic (exact) mass is 294 g/mol. The average molecular weight is 294 g/mol. The number of benzene rings is 2. The summed E-state index contributed by atoms with van der Waals surface area (Å²) in [7, 11) is 2.17. The van der Waals surface area contributed by atoms with Crippen LogP contribution in [-0.2, 0) is 5.41 Å². The van der Waals surface area contributed by atoms with E-state index >= 15 is 0 Å². The predicted octanol–water partition coefficient (Wildman–Crippen LogP) is 5.23. The van der Waals surface area contributed by atoms with Crippen LogP contribution >= 0.6 is 0 Å². The van der Waals surface area contributed by atoms with Crippen LogP contribution in [0.15, 0.2) is 42.5 Å². The number of nitrogens with zero attached hydrogens (tertiary/aromatic N) is 2. The Morgan fingerprint density at radius 1 is 0.909 bits per heavy atom. The first-order valence-electron chi connectivity index (χ1n) is 8.03. The standard InChI is InChI=1S/C20H26N2/c1-14-11-12-16(20(3,4)5)13-19(14)22-15(2)21(6)17-9-7-8-10-18(17)22/h7-13,15H,1-6H3/t15-/m0/s1. The lowest BCUT2D eigenvalue weighted by atomic mass is 9.86. The largest absolute Gasteiger partial charge is 0.353 e. The number of hydrogen-bond donors (Lipinski definition) is 0. The Morgan fingerprint density at radius 3 is 2.18 bits per heavy atom. The first kappa shape index (κ1) is 15.0. The Kier molecular flexibility index (Phi) is 3.43. The highest BCUT2D eigenvalue weighted by molar-refractivity contribution is 5.84. The number of para-hydroxylation sites is 2. The van der Waals surface area contributed by atoms with Gasteiger partial charge < -0.3 is 9.80 Å². The van der Waals surface area contributed by atoms with Gasteiger partial charge in [-0.05, 0) is 48.6 Å². The van der Waals surface area contributed by atoms with Crippen molar-refractivity contribution in [2.45, 2.75) is 46.2 Å². The minimum absolute atomic E-state index is 0.164. The lowest BCUT2D eigenvalue weighted by Gasteiger charge is -2.30. The minimum Gasteiger partial charge on any atom is -0.353 e. The van der Waals surface area contributed by atoms with Crippen molar-refractivity contribution >= 4 is 17.1 Å². The zero-order valence-electron chi connectivity index (χ0n) is 14.5. The summed E-state index contributed by atoms with van der Waals surface area (Å²) in [6.07, 6.45) is 0.325. The van der Waals surface area contributed by atoms with Crippen molar-refractivity contribution in [1.82, 2.24) is 0 Å². The molecule has 2 aromatic rings. The first-order chi connectivity index (χ1) is 10.3. The summed E-state index contributed by atoms with van der Waals surface area (Å²) in [5, 5.41) is 0. The van der Waals surface area contributed by atoms with Crippen LogP contribution < -0.4 is 9.80 Å². The van der Waals surface area contributed by atoms with Gasteiger partial charge in [0, 0.05) is 12.7 Å². The molecule has 22 heavy (non-hydrogen) atoms. The fourth-order valence-corrected chi connectivity index (χ4v) is 3.21. The lowest BCUT2D eigenvalue weighted by Crippen LogP contribution is -2.36. The second-order valence-corrected chi connectivity index (χ2v) is 7.35. The molecule has 1 atom stereocenters. The molecule has 0 aromatic heterocycles. The quantitative estimate of drug-likeness (QED) is 0.711. The Morgan fingerprint density at radius 2 is 1.55 bits per heavy atom. The van der Waals surface area contributed by atoms with Gasteiger partial charge in [-0.2, -0.15) is 0 Å². The van der Waals surface area contributed by atoms with Gasteiger partial charge in [0.05, 0.1) is 11.4 Å². The highest BCUT2D eigenvalue weighted by atomic mass is 15.4. The van der Waals surface area contributed by atoms with E-state index in [2.05, 4.69) is 93.9 Å². The number of fused-ring (bicyclic) bond motifs is 1. The molecule has 0 spiro atoms. The molecule has 0 amide bonds. The number of anilines is 3. The van der Waals surface area contributed by atoms with Crippen LogP contribution in [0, 0.1) is 6.92 Å². The summed E-state index contributed by atoms with van der Waals surface area (Å²) in [5.74, 6) is 0.